The summed E-state index contributed by atoms with van der Waals surface area (Å²) in [5, 5.41) is 2.53. The van der Waals surface area contributed by atoms with Gasteiger partial charge >= 0.3 is 6.18 Å². The first kappa shape index (κ1) is 14.5. The fourth-order valence-corrected chi connectivity index (χ4v) is 1.11. The smallest absolute Gasteiger partial charge is 0.351 e. The van der Waals surface area contributed by atoms with Crippen molar-refractivity contribution < 1.29 is 22.8 Å². The van der Waals surface area contributed by atoms with Gasteiger partial charge in [-0.3, -0.25) is 9.63 Å². The van der Waals surface area contributed by atoms with Gasteiger partial charge in [0.2, 0.25) is 5.91 Å². The van der Waals surface area contributed by atoms with Crippen molar-refractivity contribution in [1.82, 2.24) is 10.8 Å². The molecule has 0 fully saturated rings. The van der Waals surface area contributed by atoms with Crippen LogP contribution in [0.4, 0.5) is 13.2 Å². The van der Waals surface area contributed by atoms with Crippen LogP contribution in [0.2, 0.25) is 0 Å². The molecule has 0 aliphatic rings. The van der Waals surface area contributed by atoms with Crippen LogP contribution in [0.15, 0.2) is 30.3 Å². The number of halogens is 3. The summed E-state index contributed by atoms with van der Waals surface area (Å²) in [5.74, 6) is -0.443. The zero-order valence-electron chi connectivity index (χ0n) is 9.46. The van der Waals surface area contributed by atoms with Crippen molar-refractivity contribution in [3.8, 4) is 0 Å². The summed E-state index contributed by atoms with van der Waals surface area (Å²) < 4.78 is 35.1. The van der Waals surface area contributed by atoms with Gasteiger partial charge in [-0.25, -0.2) is 0 Å². The van der Waals surface area contributed by atoms with Crippen molar-refractivity contribution in [1.29, 1.82) is 0 Å². The molecule has 0 aromatic heterocycles. The molecule has 0 aliphatic carbocycles. The van der Waals surface area contributed by atoms with Crippen LogP contribution in [0, 0.1) is 0 Å². The topological polar surface area (TPSA) is 50.4 Å². The van der Waals surface area contributed by atoms with Crippen molar-refractivity contribution in [3.63, 3.8) is 0 Å². The Morgan fingerprint density at radius 2 is 1.89 bits per heavy atom. The van der Waals surface area contributed by atoms with Gasteiger partial charge in [-0.05, 0) is 5.56 Å². The van der Waals surface area contributed by atoms with Gasteiger partial charge in [0.25, 0.3) is 0 Å². The fourth-order valence-electron chi connectivity index (χ4n) is 1.11. The minimum Gasteiger partial charge on any atom is -0.351 e. The lowest BCUT2D eigenvalue weighted by atomic mass is 10.2. The summed E-state index contributed by atoms with van der Waals surface area (Å²) in [4.78, 5) is 15.3. The maximum absolute atomic E-state index is 11.7. The van der Waals surface area contributed by atoms with Crippen LogP contribution in [0.1, 0.15) is 5.56 Å². The van der Waals surface area contributed by atoms with Crippen molar-refractivity contribution in [2.24, 2.45) is 0 Å². The first-order valence-electron chi connectivity index (χ1n) is 5.19. The average Bonchev–Trinajstić information content (AvgIpc) is 2.32. The Labute approximate surface area is 102 Å². The summed E-state index contributed by atoms with van der Waals surface area (Å²) in [7, 11) is 0. The lowest BCUT2D eigenvalue weighted by molar-refractivity contribution is -0.189. The third kappa shape index (κ3) is 6.87. The molecule has 0 heterocycles. The molecular formula is C11H13F3N2O2. The molecular weight excluding hydrogens is 249 g/mol. The number of hydroxylamine groups is 1. The van der Waals surface area contributed by atoms with Crippen LogP contribution < -0.4 is 10.8 Å². The molecule has 0 aliphatic heterocycles. The Kier molecular flexibility index (Phi) is 5.60. The lowest BCUT2D eigenvalue weighted by Crippen LogP contribution is -2.35. The molecule has 0 atom stereocenters. The first-order chi connectivity index (χ1) is 8.47. The first-order valence-corrected chi connectivity index (χ1v) is 5.19. The van der Waals surface area contributed by atoms with E-state index in [1.54, 1.807) is 0 Å². The fraction of sp³-hybridized carbons (Fsp3) is 0.364. The van der Waals surface area contributed by atoms with Crippen molar-refractivity contribution in [3.05, 3.63) is 35.9 Å². The number of benzene rings is 1. The third-order valence-corrected chi connectivity index (χ3v) is 1.90. The monoisotopic (exact) mass is 262 g/mol. The number of carbonyl (C=O) groups is 1. The molecule has 100 valence electrons. The number of hydrogen-bond acceptors (Lipinski definition) is 3. The van der Waals surface area contributed by atoms with E-state index >= 15 is 0 Å². The molecule has 18 heavy (non-hydrogen) atoms. The molecule has 4 nitrogen and oxygen atoms in total. The standard InChI is InChI=1S/C11H13F3N2O2/c12-11(13,14)8-18-16-7-10(17)15-6-9-4-2-1-3-5-9/h1-5,16H,6-8H2,(H,15,17). The van der Waals surface area contributed by atoms with Crippen LogP contribution in [-0.2, 0) is 16.2 Å². The largest absolute Gasteiger partial charge is 0.413 e. The molecule has 0 spiro atoms. The van der Waals surface area contributed by atoms with E-state index in [0.717, 1.165) is 5.56 Å². The highest BCUT2D eigenvalue weighted by Crippen LogP contribution is 2.13. The van der Waals surface area contributed by atoms with E-state index in [2.05, 4.69) is 10.2 Å². The van der Waals surface area contributed by atoms with Gasteiger partial charge < -0.3 is 5.32 Å². The van der Waals surface area contributed by atoms with E-state index in [1.165, 1.54) is 0 Å². The second kappa shape index (κ2) is 6.97. The predicted molar refractivity (Wildman–Crippen MR) is 58.3 cm³/mol. The van der Waals surface area contributed by atoms with E-state index < -0.39 is 18.7 Å². The van der Waals surface area contributed by atoms with E-state index in [9.17, 15) is 18.0 Å². The Morgan fingerprint density at radius 3 is 2.50 bits per heavy atom. The SMILES string of the molecule is O=C(CNOCC(F)(F)F)NCc1ccccc1. The zero-order valence-corrected chi connectivity index (χ0v) is 9.46. The van der Waals surface area contributed by atoms with Gasteiger partial charge in [-0.2, -0.15) is 18.7 Å². The summed E-state index contributed by atoms with van der Waals surface area (Å²) in [6.07, 6.45) is -4.41. The maximum Gasteiger partial charge on any atom is 0.413 e. The molecule has 1 aromatic carbocycles. The summed E-state index contributed by atoms with van der Waals surface area (Å²) in [5.41, 5.74) is 2.85. The van der Waals surface area contributed by atoms with Crippen LogP contribution in [0.3, 0.4) is 0 Å². The Balaban J connectivity index is 2.11. The van der Waals surface area contributed by atoms with Gasteiger partial charge in [0.15, 0.2) is 6.61 Å². The second-order valence-electron chi connectivity index (χ2n) is 3.49. The average molecular weight is 262 g/mol. The highest BCUT2D eigenvalue weighted by Gasteiger charge is 2.27. The second-order valence-corrected chi connectivity index (χ2v) is 3.49. The molecule has 1 rings (SSSR count). The minimum atomic E-state index is -4.41. The van der Waals surface area contributed by atoms with Gasteiger partial charge in [0.1, 0.15) is 0 Å². The van der Waals surface area contributed by atoms with Crippen LogP contribution in [-0.4, -0.2) is 25.2 Å². The third-order valence-electron chi connectivity index (χ3n) is 1.90. The van der Waals surface area contributed by atoms with Gasteiger partial charge in [0.05, 0.1) is 6.54 Å². The zero-order chi connectivity index (χ0) is 13.4. The molecule has 1 aromatic rings. The van der Waals surface area contributed by atoms with E-state index in [4.69, 9.17) is 0 Å². The summed E-state index contributed by atoms with van der Waals surface area (Å²) >= 11 is 0. The van der Waals surface area contributed by atoms with E-state index in [-0.39, 0.29) is 6.54 Å². The summed E-state index contributed by atoms with van der Waals surface area (Å²) in [6.45, 7) is -1.44. The normalized spacial score (nSPS) is 11.3. The molecule has 0 saturated carbocycles. The number of carbonyl (C=O) groups excluding carboxylic acids is 1. The molecule has 7 heteroatoms. The van der Waals surface area contributed by atoms with E-state index in [0.29, 0.717) is 6.54 Å². The van der Waals surface area contributed by atoms with Crippen LogP contribution in [0.25, 0.3) is 0 Å². The van der Waals surface area contributed by atoms with E-state index in [1.807, 2.05) is 35.8 Å². The highest BCUT2D eigenvalue weighted by atomic mass is 19.4. The Bertz CT molecular complexity index is 368. The van der Waals surface area contributed by atoms with Gasteiger partial charge in [0, 0.05) is 6.54 Å². The number of amides is 1. The number of hydrogen-bond donors (Lipinski definition) is 2. The molecule has 1 amide bonds. The van der Waals surface area contributed by atoms with Crippen molar-refractivity contribution >= 4 is 5.91 Å². The highest BCUT2D eigenvalue weighted by molar-refractivity contribution is 5.77. The number of alkyl halides is 3. The predicted octanol–water partition coefficient (Wildman–Crippen LogP) is 1.39. The minimum absolute atomic E-state index is 0.320. The van der Waals surface area contributed by atoms with Gasteiger partial charge in [-0.15, -0.1) is 0 Å². The Hall–Kier alpha value is -1.60. The molecule has 0 unspecified atom stereocenters. The molecule has 0 saturated heterocycles. The van der Waals surface area contributed by atoms with Crippen LogP contribution >= 0.6 is 0 Å². The van der Waals surface area contributed by atoms with Crippen molar-refractivity contribution in [2.45, 2.75) is 12.7 Å². The number of rotatable bonds is 6. The summed E-state index contributed by atoms with van der Waals surface area (Å²) in [6, 6.07) is 9.15. The van der Waals surface area contributed by atoms with Crippen LogP contribution in [0.5, 0.6) is 0 Å². The Morgan fingerprint density at radius 1 is 1.22 bits per heavy atom. The molecule has 2 N–H and O–H groups in total. The number of nitrogens with one attached hydrogen (secondary N) is 2. The van der Waals surface area contributed by atoms with Gasteiger partial charge in [-0.1, -0.05) is 30.3 Å². The van der Waals surface area contributed by atoms with Crippen molar-refractivity contribution in [2.75, 3.05) is 13.2 Å². The maximum atomic E-state index is 11.7. The molecule has 0 radical (unpaired) electrons. The lowest BCUT2D eigenvalue weighted by Gasteiger charge is -2.09. The quantitative estimate of drug-likeness (QED) is 0.601. The molecule has 0 bridgehead atoms.